The lowest BCUT2D eigenvalue weighted by atomic mass is 10.00. The van der Waals surface area contributed by atoms with E-state index in [1.54, 1.807) is 12.1 Å². The van der Waals surface area contributed by atoms with Crippen molar-refractivity contribution in [2.24, 2.45) is 5.92 Å². The van der Waals surface area contributed by atoms with Gasteiger partial charge in [0.1, 0.15) is 5.82 Å². The van der Waals surface area contributed by atoms with E-state index in [4.69, 9.17) is 0 Å². The maximum Gasteiger partial charge on any atom is 0.127 e. The summed E-state index contributed by atoms with van der Waals surface area (Å²) < 4.78 is 13.8. The first-order valence-corrected chi connectivity index (χ1v) is 7.96. The van der Waals surface area contributed by atoms with Crippen LogP contribution in [0, 0.1) is 11.7 Å². The Morgan fingerprint density at radius 2 is 1.86 bits per heavy atom. The Hall–Kier alpha value is -0.640. The first-order chi connectivity index (χ1) is 9.74. The molecule has 0 amide bonds. The van der Waals surface area contributed by atoms with Gasteiger partial charge in [0.2, 0.25) is 0 Å². The average Bonchev–Trinajstić information content (AvgIpc) is 3.30. The lowest BCUT2D eigenvalue weighted by molar-refractivity contribution is 0.150. The van der Waals surface area contributed by atoms with Gasteiger partial charge in [0.25, 0.3) is 0 Å². The van der Waals surface area contributed by atoms with Crippen LogP contribution < -0.4 is 5.32 Å². The molecule has 4 heteroatoms. The highest BCUT2D eigenvalue weighted by atomic mass is 35.5. The number of rotatable bonds is 5. The number of halogens is 2. The van der Waals surface area contributed by atoms with E-state index in [2.05, 4.69) is 17.1 Å². The molecule has 118 valence electrons. The zero-order valence-electron chi connectivity index (χ0n) is 12.7. The van der Waals surface area contributed by atoms with Gasteiger partial charge in [-0.25, -0.2) is 4.39 Å². The zero-order valence-corrected chi connectivity index (χ0v) is 13.5. The monoisotopic (exact) mass is 312 g/mol. The summed E-state index contributed by atoms with van der Waals surface area (Å²) in [5, 5.41) is 3.69. The third-order valence-electron chi connectivity index (χ3n) is 4.82. The van der Waals surface area contributed by atoms with Crippen molar-refractivity contribution in [1.29, 1.82) is 0 Å². The molecule has 2 nitrogen and oxygen atoms in total. The van der Waals surface area contributed by atoms with Gasteiger partial charge in [0, 0.05) is 30.7 Å². The molecule has 1 atom stereocenters. The van der Waals surface area contributed by atoms with Crippen LogP contribution >= 0.6 is 12.4 Å². The Balaban J connectivity index is 0.00000161. The summed E-state index contributed by atoms with van der Waals surface area (Å²) in [6.07, 6.45) is 5.20. The Bertz CT molecular complexity index is 442. The van der Waals surface area contributed by atoms with Gasteiger partial charge in [-0.2, -0.15) is 0 Å². The molecular formula is C17H26ClFN2. The van der Waals surface area contributed by atoms with Crippen LogP contribution in [0.5, 0.6) is 0 Å². The summed E-state index contributed by atoms with van der Waals surface area (Å²) >= 11 is 0. The molecule has 1 unspecified atom stereocenters. The summed E-state index contributed by atoms with van der Waals surface area (Å²) in [5.74, 6) is 0.874. The van der Waals surface area contributed by atoms with Crippen LogP contribution in [0.15, 0.2) is 24.3 Å². The molecule has 1 saturated carbocycles. The number of nitrogens with zero attached hydrogens (tertiary/aromatic N) is 1. The van der Waals surface area contributed by atoms with E-state index in [1.165, 1.54) is 32.2 Å². The van der Waals surface area contributed by atoms with Crippen molar-refractivity contribution in [3.8, 4) is 0 Å². The van der Waals surface area contributed by atoms with Crippen LogP contribution in [0.3, 0.4) is 0 Å². The van der Waals surface area contributed by atoms with Crippen LogP contribution in [-0.2, 0) is 0 Å². The molecule has 2 fully saturated rings. The van der Waals surface area contributed by atoms with Gasteiger partial charge in [-0.1, -0.05) is 18.2 Å². The Morgan fingerprint density at radius 3 is 2.48 bits per heavy atom. The van der Waals surface area contributed by atoms with Crippen molar-refractivity contribution in [2.45, 2.75) is 44.7 Å². The smallest absolute Gasteiger partial charge is 0.127 e. The maximum atomic E-state index is 13.8. The molecule has 1 aromatic carbocycles. The van der Waals surface area contributed by atoms with Gasteiger partial charge in [0.15, 0.2) is 0 Å². The lowest BCUT2D eigenvalue weighted by Crippen LogP contribution is -2.44. The van der Waals surface area contributed by atoms with E-state index < -0.39 is 0 Å². The van der Waals surface area contributed by atoms with Gasteiger partial charge >= 0.3 is 0 Å². The predicted octanol–water partition coefficient (Wildman–Crippen LogP) is 3.77. The van der Waals surface area contributed by atoms with Gasteiger partial charge in [-0.05, 0) is 51.1 Å². The molecule has 1 N–H and O–H groups in total. The topological polar surface area (TPSA) is 15.3 Å². The second-order valence-electron chi connectivity index (χ2n) is 6.36. The normalized spacial score (nSPS) is 21.8. The first-order valence-electron chi connectivity index (χ1n) is 7.96. The predicted molar refractivity (Wildman–Crippen MR) is 87.4 cm³/mol. The van der Waals surface area contributed by atoms with Gasteiger partial charge in [-0.3, -0.25) is 4.90 Å². The lowest BCUT2D eigenvalue weighted by Gasteiger charge is -2.36. The highest BCUT2D eigenvalue weighted by molar-refractivity contribution is 5.85. The number of hydrogen-bond acceptors (Lipinski definition) is 2. The molecule has 2 aliphatic rings. The van der Waals surface area contributed by atoms with Crippen molar-refractivity contribution in [1.82, 2.24) is 10.2 Å². The molecule has 3 rings (SSSR count). The van der Waals surface area contributed by atoms with E-state index >= 15 is 0 Å². The molecule has 1 aromatic rings. The molecule has 0 bridgehead atoms. The first kappa shape index (κ1) is 16.7. The largest absolute Gasteiger partial charge is 0.314 e. The number of likely N-dealkylation sites (tertiary alicyclic amines) is 1. The number of benzene rings is 1. The summed E-state index contributed by atoms with van der Waals surface area (Å²) in [7, 11) is 0. The van der Waals surface area contributed by atoms with Crippen LogP contribution in [0.25, 0.3) is 0 Å². The number of hydrogen-bond donors (Lipinski definition) is 1. The summed E-state index contributed by atoms with van der Waals surface area (Å²) in [4.78, 5) is 2.41. The van der Waals surface area contributed by atoms with Crippen LogP contribution in [0.1, 0.15) is 44.2 Å². The van der Waals surface area contributed by atoms with E-state index in [0.29, 0.717) is 6.04 Å². The highest BCUT2D eigenvalue weighted by Gasteiger charge is 2.26. The third kappa shape index (κ3) is 4.41. The molecule has 1 aliphatic heterocycles. The molecule has 21 heavy (non-hydrogen) atoms. The number of nitrogens with one attached hydrogen (secondary N) is 1. The Labute approximate surface area is 133 Å². The quantitative estimate of drug-likeness (QED) is 0.890. The fourth-order valence-corrected chi connectivity index (χ4v) is 3.16. The minimum atomic E-state index is -0.0750. The zero-order chi connectivity index (χ0) is 13.9. The van der Waals surface area contributed by atoms with Crippen LogP contribution in [0.2, 0.25) is 0 Å². The summed E-state index contributed by atoms with van der Waals surface area (Å²) in [6, 6.07) is 8.02. The summed E-state index contributed by atoms with van der Waals surface area (Å²) in [5.41, 5.74) is 0.830. The van der Waals surface area contributed by atoms with Crippen molar-refractivity contribution in [3.05, 3.63) is 35.6 Å². The van der Waals surface area contributed by atoms with E-state index in [0.717, 1.165) is 24.6 Å². The SMILES string of the molecule is CC(c1ccccc1F)N1CCC(NCC2CC2)CC1.Cl. The van der Waals surface area contributed by atoms with Gasteiger partial charge in [0.05, 0.1) is 0 Å². The minimum absolute atomic E-state index is 0. The molecular weight excluding hydrogens is 287 g/mol. The molecule has 1 aliphatic carbocycles. The molecule has 1 saturated heterocycles. The molecule has 0 spiro atoms. The minimum Gasteiger partial charge on any atom is -0.314 e. The Morgan fingerprint density at radius 1 is 1.19 bits per heavy atom. The highest BCUT2D eigenvalue weighted by Crippen LogP contribution is 2.29. The van der Waals surface area contributed by atoms with E-state index in [1.807, 2.05) is 12.1 Å². The standard InChI is InChI=1S/C17H25FN2.ClH/c1-13(16-4-2-3-5-17(16)18)20-10-8-15(9-11-20)19-12-14-6-7-14;/h2-5,13-15,19H,6-12H2,1H3;1H. The molecule has 0 aromatic heterocycles. The van der Waals surface area contributed by atoms with Crippen molar-refractivity contribution in [3.63, 3.8) is 0 Å². The van der Waals surface area contributed by atoms with Gasteiger partial charge in [-0.15, -0.1) is 12.4 Å². The Kier molecular flexibility index (Phi) is 6.03. The third-order valence-corrected chi connectivity index (χ3v) is 4.82. The van der Waals surface area contributed by atoms with E-state index in [-0.39, 0.29) is 24.3 Å². The van der Waals surface area contributed by atoms with Crippen molar-refractivity contribution in [2.75, 3.05) is 19.6 Å². The van der Waals surface area contributed by atoms with Crippen molar-refractivity contribution < 1.29 is 4.39 Å². The van der Waals surface area contributed by atoms with Crippen LogP contribution in [0.4, 0.5) is 4.39 Å². The number of piperidine rings is 1. The molecule has 0 radical (unpaired) electrons. The second-order valence-corrected chi connectivity index (χ2v) is 6.36. The van der Waals surface area contributed by atoms with E-state index in [9.17, 15) is 4.39 Å². The fourth-order valence-electron chi connectivity index (χ4n) is 3.16. The maximum absolute atomic E-state index is 13.8. The fraction of sp³-hybridized carbons (Fsp3) is 0.647. The van der Waals surface area contributed by atoms with Crippen LogP contribution in [-0.4, -0.2) is 30.6 Å². The second kappa shape index (κ2) is 7.57. The molecule has 1 heterocycles. The summed E-state index contributed by atoms with van der Waals surface area (Å²) in [6.45, 7) is 5.46. The average molecular weight is 313 g/mol. The van der Waals surface area contributed by atoms with Gasteiger partial charge < -0.3 is 5.32 Å². The van der Waals surface area contributed by atoms with Crippen molar-refractivity contribution >= 4 is 12.4 Å².